The molecule has 0 saturated carbocycles. The standard InChI is InChI=1S/C20H16BrFN4O/c1-3-26-10-14(20(25-26)12-6-4-5-7-16(12)22)19-13-8-15(21)18(27-2)9-17(13)23-11-24-19/h4-11H,3H2,1-2H3. The minimum atomic E-state index is -0.318. The second-order valence-electron chi connectivity index (χ2n) is 5.95. The van der Waals surface area contributed by atoms with E-state index in [9.17, 15) is 4.39 Å². The van der Waals surface area contributed by atoms with Gasteiger partial charge in [0.2, 0.25) is 0 Å². The van der Waals surface area contributed by atoms with Gasteiger partial charge in [0.1, 0.15) is 23.6 Å². The van der Waals surface area contributed by atoms with Crippen LogP contribution in [-0.4, -0.2) is 26.9 Å². The number of benzene rings is 2. The molecule has 5 nitrogen and oxygen atoms in total. The van der Waals surface area contributed by atoms with Gasteiger partial charge < -0.3 is 4.74 Å². The summed E-state index contributed by atoms with van der Waals surface area (Å²) in [4.78, 5) is 8.84. The maximum atomic E-state index is 14.5. The number of hydrogen-bond donors (Lipinski definition) is 0. The maximum absolute atomic E-state index is 14.5. The van der Waals surface area contributed by atoms with Crippen LogP contribution in [0, 0.1) is 5.82 Å². The zero-order chi connectivity index (χ0) is 19.0. The first-order chi connectivity index (χ1) is 13.1. The first kappa shape index (κ1) is 17.6. The van der Waals surface area contributed by atoms with E-state index in [1.165, 1.54) is 12.4 Å². The van der Waals surface area contributed by atoms with E-state index in [0.29, 0.717) is 29.2 Å². The zero-order valence-corrected chi connectivity index (χ0v) is 16.4. The van der Waals surface area contributed by atoms with Crippen molar-refractivity contribution in [2.75, 3.05) is 7.11 Å². The normalized spacial score (nSPS) is 11.1. The predicted molar refractivity (Wildman–Crippen MR) is 106 cm³/mol. The average Bonchev–Trinajstić information content (AvgIpc) is 3.11. The molecule has 0 saturated heterocycles. The summed E-state index contributed by atoms with van der Waals surface area (Å²) in [6, 6.07) is 10.4. The van der Waals surface area contributed by atoms with E-state index in [0.717, 1.165) is 20.9 Å². The fraction of sp³-hybridized carbons (Fsp3) is 0.150. The molecule has 0 aliphatic carbocycles. The van der Waals surface area contributed by atoms with Crippen molar-refractivity contribution in [3.63, 3.8) is 0 Å². The summed E-state index contributed by atoms with van der Waals surface area (Å²) in [5.74, 6) is 0.368. The molecule has 4 aromatic rings. The summed E-state index contributed by atoms with van der Waals surface area (Å²) < 4.78 is 22.4. The molecule has 0 amide bonds. The van der Waals surface area contributed by atoms with Crippen LogP contribution in [0.2, 0.25) is 0 Å². The highest BCUT2D eigenvalue weighted by Gasteiger charge is 2.19. The average molecular weight is 427 g/mol. The van der Waals surface area contributed by atoms with E-state index in [1.807, 2.05) is 25.3 Å². The van der Waals surface area contributed by atoms with E-state index >= 15 is 0 Å². The smallest absolute Gasteiger partial charge is 0.135 e. The molecule has 0 unspecified atom stereocenters. The number of nitrogens with zero attached hydrogens (tertiary/aromatic N) is 4. The number of methoxy groups -OCH3 is 1. The largest absolute Gasteiger partial charge is 0.495 e. The molecule has 2 aromatic carbocycles. The van der Waals surface area contributed by atoms with Crippen LogP contribution in [0.4, 0.5) is 4.39 Å². The van der Waals surface area contributed by atoms with E-state index < -0.39 is 0 Å². The summed E-state index contributed by atoms with van der Waals surface area (Å²) in [5, 5.41) is 5.41. The highest BCUT2D eigenvalue weighted by atomic mass is 79.9. The highest BCUT2D eigenvalue weighted by molar-refractivity contribution is 9.10. The Bertz CT molecular complexity index is 1140. The van der Waals surface area contributed by atoms with Crippen molar-refractivity contribution in [3.05, 3.63) is 59.2 Å². The van der Waals surface area contributed by atoms with Crippen LogP contribution in [-0.2, 0) is 6.54 Å². The van der Waals surface area contributed by atoms with Gasteiger partial charge in [0.25, 0.3) is 0 Å². The van der Waals surface area contributed by atoms with E-state index in [2.05, 4.69) is 31.0 Å². The van der Waals surface area contributed by atoms with Crippen molar-refractivity contribution in [2.24, 2.45) is 0 Å². The minimum absolute atomic E-state index is 0.318. The molecular weight excluding hydrogens is 411 g/mol. The third kappa shape index (κ3) is 3.08. The van der Waals surface area contributed by atoms with E-state index in [1.54, 1.807) is 30.0 Å². The molecule has 0 aliphatic heterocycles. The van der Waals surface area contributed by atoms with Gasteiger partial charge in [-0.3, -0.25) is 4.68 Å². The van der Waals surface area contributed by atoms with Gasteiger partial charge >= 0.3 is 0 Å². The molecule has 2 aromatic heterocycles. The summed E-state index contributed by atoms with van der Waals surface area (Å²) >= 11 is 3.52. The number of aryl methyl sites for hydroxylation is 1. The fourth-order valence-electron chi connectivity index (χ4n) is 3.04. The number of ether oxygens (including phenoxy) is 1. The van der Waals surface area contributed by atoms with Gasteiger partial charge in [0, 0.05) is 35.3 Å². The van der Waals surface area contributed by atoms with Gasteiger partial charge in [-0.15, -0.1) is 0 Å². The molecule has 0 spiro atoms. The van der Waals surface area contributed by atoms with Crippen molar-refractivity contribution >= 4 is 26.8 Å². The second kappa shape index (κ2) is 7.08. The number of hydrogen-bond acceptors (Lipinski definition) is 4. The maximum Gasteiger partial charge on any atom is 0.135 e. The van der Waals surface area contributed by atoms with Crippen LogP contribution < -0.4 is 4.74 Å². The van der Waals surface area contributed by atoms with Crippen LogP contribution in [0.5, 0.6) is 5.75 Å². The Labute approximate surface area is 164 Å². The van der Waals surface area contributed by atoms with Gasteiger partial charge in [-0.1, -0.05) is 12.1 Å². The number of rotatable bonds is 4. The first-order valence-electron chi connectivity index (χ1n) is 8.43. The molecule has 0 aliphatic rings. The molecule has 0 bridgehead atoms. The number of aromatic nitrogens is 4. The fourth-order valence-corrected chi connectivity index (χ4v) is 3.54. The van der Waals surface area contributed by atoms with E-state index in [4.69, 9.17) is 4.74 Å². The lowest BCUT2D eigenvalue weighted by Crippen LogP contribution is -1.94. The molecule has 2 heterocycles. The Morgan fingerprint density at radius 3 is 2.67 bits per heavy atom. The lowest BCUT2D eigenvalue weighted by molar-refractivity contribution is 0.412. The quantitative estimate of drug-likeness (QED) is 0.455. The van der Waals surface area contributed by atoms with Crippen molar-refractivity contribution in [1.82, 2.24) is 19.7 Å². The van der Waals surface area contributed by atoms with E-state index in [-0.39, 0.29) is 5.82 Å². The van der Waals surface area contributed by atoms with Gasteiger partial charge in [-0.2, -0.15) is 5.10 Å². The molecule has 7 heteroatoms. The van der Waals surface area contributed by atoms with Crippen molar-refractivity contribution in [2.45, 2.75) is 13.5 Å². The molecule has 0 radical (unpaired) electrons. The predicted octanol–water partition coefficient (Wildman–Crippen LogP) is 5.09. The Morgan fingerprint density at radius 1 is 1.11 bits per heavy atom. The van der Waals surface area contributed by atoms with Crippen molar-refractivity contribution in [1.29, 1.82) is 0 Å². The lowest BCUT2D eigenvalue weighted by Gasteiger charge is -2.09. The molecular formula is C20H16BrFN4O. The first-order valence-corrected chi connectivity index (χ1v) is 9.22. The zero-order valence-electron chi connectivity index (χ0n) is 14.8. The van der Waals surface area contributed by atoms with Crippen LogP contribution in [0.1, 0.15) is 6.92 Å². The van der Waals surface area contributed by atoms with Gasteiger partial charge in [-0.05, 0) is 41.1 Å². The van der Waals surface area contributed by atoms with Crippen molar-refractivity contribution in [3.8, 4) is 28.3 Å². The lowest BCUT2D eigenvalue weighted by atomic mass is 10.0. The van der Waals surface area contributed by atoms with Crippen LogP contribution in [0.25, 0.3) is 33.4 Å². The van der Waals surface area contributed by atoms with Crippen LogP contribution >= 0.6 is 15.9 Å². The Balaban J connectivity index is 2.01. The molecule has 0 fully saturated rings. The monoisotopic (exact) mass is 426 g/mol. The Morgan fingerprint density at radius 2 is 1.93 bits per heavy atom. The molecule has 0 atom stereocenters. The molecule has 0 N–H and O–H groups in total. The summed E-state index contributed by atoms with van der Waals surface area (Å²) in [5.41, 5.74) is 3.19. The summed E-state index contributed by atoms with van der Waals surface area (Å²) in [7, 11) is 1.61. The topological polar surface area (TPSA) is 52.8 Å². The number of fused-ring (bicyclic) bond motifs is 1. The summed E-state index contributed by atoms with van der Waals surface area (Å²) in [6.07, 6.45) is 3.39. The van der Waals surface area contributed by atoms with Gasteiger partial charge in [0.15, 0.2) is 0 Å². The van der Waals surface area contributed by atoms with Gasteiger partial charge in [-0.25, -0.2) is 14.4 Å². The van der Waals surface area contributed by atoms with Gasteiger partial charge in [0.05, 0.1) is 22.8 Å². The molecule has 27 heavy (non-hydrogen) atoms. The van der Waals surface area contributed by atoms with Crippen LogP contribution in [0.3, 0.4) is 0 Å². The Hall–Kier alpha value is -2.80. The minimum Gasteiger partial charge on any atom is -0.495 e. The third-order valence-electron chi connectivity index (χ3n) is 4.38. The Kier molecular flexibility index (Phi) is 4.61. The van der Waals surface area contributed by atoms with Crippen LogP contribution in [0.15, 0.2) is 53.4 Å². The molecule has 136 valence electrons. The second-order valence-corrected chi connectivity index (χ2v) is 6.81. The highest BCUT2D eigenvalue weighted by Crippen LogP contribution is 2.37. The summed E-state index contributed by atoms with van der Waals surface area (Å²) in [6.45, 7) is 2.66. The SMILES string of the molecule is CCn1cc(-c2ncnc3cc(OC)c(Br)cc23)c(-c2ccccc2F)n1. The third-order valence-corrected chi connectivity index (χ3v) is 5.00. The van der Waals surface area contributed by atoms with Crippen molar-refractivity contribution < 1.29 is 9.13 Å². The number of halogens is 2. The molecule has 4 rings (SSSR count).